The van der Waals surface area contributed by atoms with Crippen LogP contribution in [0.2, 0.25) is 0 Å². The van der Waals surface area contributed by atoms with Crippen molar-refractivity contribution < 1.29 is 23.1 Å². The van der Waals surface area contributed by atoms with Crippen molar-refractivity contribution in [3.63, 3.8) is 0 Å². The van der Waals surface area contributed by atoms with Crippen LogP contribution in [0.15, 0.2) is 0 Å². The Kier molecular flexibility index (Phi) is 4.47. The number of carbonyl (C=O) groups excluding carboxylic acids is 1. The maximum Gasteiger partial charge on any atom is 0.414 e. The number of carbonyl (C=O) groups is 1. The van der Waals surface area contributed by atoms with Crippen LogP contribution in [0.4, 0.5) is 13.2 Å². The molecule has 0 amide bonds. The van der Waals surface area contributed by atoms with E-state index >= 15 is 0 Å². The molecule has 0 aliphatic heterocycles. The molecule has 2 nitrogen and oxygen atoms in total. The molecule has 18 heavy (non-hydrogen) atoms. The smallest absolute Gasteiger partial charge is 0.384 e. The molecule has 0 aromatic carbocycles. The summed E-state index contributed by atoms with van der Waals surface area (Å²) in [7, 11) is 0. The second-order valence-corrected chi connectivity index (χ2v) is 6.29. The molecule has 1 N–H and O–H groups in total. The van der Waals surface area contributed by atoms with Crippen molar-refractivity contribution in [2.45, 2.75) is 58.7 Å². The summed E-state index contributed by atoms with van der Waals surface area (Å²) >= 11 is 0. The molecule has 0 bridgehead atoms. The van der Waals surface area contributed by atoms with Gasteiger partial charge in [0.15, 0.2) is 6.10 Å². The molecule has 3 unspecified atom stereocenters. The Labute approximate surface area is 106 Å². The molecule has 106 valence electrons. The molecule has 5 heteroatoms. The lowest BCUT2D eigenvalue weighted by molar-refractivity contribution is -0.209. The second-order valence-electron chi connectivity index (χ2n) is 6.29. The van der Waals surface area contributed by atoms with E-state index in [1.807, 2.05) is 20.8 Å². The average molecular weight is 266 g/mol. The number of halogens is 3. The number of aliphatic hydroxyl groups is 1. The zero-order valence-electron chi connectivity index (χ0n) is 11.0. The Balaban J connectivity index is 2.66. The number of aliphatic hydroxyl groups excluding tert-OH is 1. The molecule has 0 saturated heterocycles. The monoisotopic (exact) mass is 266 g/mol. The van der Waals surface area contributed by atoms with Crippen molar-refractivity contribution >= 4 is 5.78 Å². The molecule has 0 radical (unpaired) electrons. The van der Waals surface area contributed by atoms with Gasteiger partial charge in [0.25, 0.3) is 0 Å². The fraction of sp³-hybridized carbons (Fsp3) is 0.923. The molecule has 0 spiro atoms. The van der Waals surface area contributed by atoms with Crippen molar-refractivity contribution in [3.05, 3.63) is 0 Å². The summed E-state index contributed by atoms with van der Waals surface area (Å²) in [5, 5.41) is 9.07. The van der Waals surface area contributed by atoms with Crippen molar-refractivity contribution in [3.8, 4) is 0 Å². The van der Waals surface area contributed by atoms with Crippen molar-refractivity contribution in [2.75, 3.05) is 0 Å². The SMILES string of the molecule is CC(C)(C)C1CCC(=O)C(CC(O)C(F)(F)F)C1. The molecule has 0 aromatic rings. The number of hydrogen-bond donors (Lipinski definition) is 1. The van der Waals surface area contributed by atoms with Crippen LogP contribution in [0.3, 0.4) is 0 Å². The normalized spacial score (nSPS) is 28.3. The Hall–Kier alpha value is -0.580. The van der Waals surface area contributed by atoms with Gasteiger partial charge in [0, 0.05) is 12.3 Å². The van der Waals surface area contributed by atoms with E-state index in [9.17, 15) is 18.0 Å². The fourth-order valence-electron chi connectivity index (χ4n) is 2.53. The van der Waals surface area contributed by atoms with E-state index in [1.165, 1.54) is 0 Å². The van der Waals surface area contributed by atoms with E-state index in [4.69, 9.17) is 5.11 Å². The molecular weight excluding hydrogens is 245 g/mol. The Morgan fingerprint density at radius 3 is 2.33 bits per heavy atom. The first-order chi connectivity index (χ1) is 8.01. The lowest BCUT2D eigenvalue weighted by atomic mass is 9.67. The first-order valence-corrected chi connectivity index (χ1v) is 6.29. The average Bonchev–Trinajstić information content (AvgIpc) is 2.18. The Morgan fingerprint density at radius 2 is 1.89 bits per heavy atom. The highest BCUT2D eigenvalue weighted by Crippen LogP contribution is 2.41. The van der Waals surface area contributed by atoms with Crippen LogP contribution in [0.25, 0.3) is 0 Å². The van der Waals surface area contributed by atoms with E-state index in [2.05, 4.69) is 0 Å². The maximum absolute atomic E-state index is 12.3. The Bertz CT molecular complexity index is 302. The van der Waals surface area contributed by atoms with Crippen molar-refractivity contribution in [1.29, 1.82) is 0 Å². The third-order valence-electron chi connectivity index (χ3n) is 3.87. The van der Waals surface area contributed by atoms with Gasteiger partial charge in [-0.1, -0.05) is 20.8 Å². The minimum Gasteiger partial charge on any atom is -0.384 e. The van der Waals surface area contributed by atoms with Gasteiger partial charge in [-0.3, -0.25) is 4.79 Å². The van der Waals surface area contributed by atoms with E-state index in [-0.39, 0.29) is 17.1 Å². The van der Waals surface area contributed by atoms with Crippen LogP contribution >= 0.6 is 0 Å². The van der Waals surface area contributed by atoms with E-state index in [1.54, 1.807) is 0 Å². The van der Waals surface area contributed by atoms with E-state index in [0.717, 1.165) is 6.42 Å². The second kappa shape index (κ2) is 5.19. The summed E-state index contributed by atoms with van der Waals surface area (Å²) in [6, 6.07) is 0. The minimum atomic E-state index is -4.63. The largest absolute Gasteiger partial charge is 0.414 e. The zero-order chi connectivity index (χ0) is 14.1. The molecule has 0 aromatic heterocycles. The van der Waals surface area contributed by atoms with Crippen LogP contribution in [-0.2, 0) is 4.79 Å². The summed E-state index contributed by atoms with van der Waals surface area (Å²) in [5.41, 5.74) is -0.0118. The predicted molar refractivity (Wildman–Crippen MR) is 62.0 cm³/mol. The van der Waals surface area contributed by atoms with Crippen molar-refractivity contribution in [2.24, 2.45) is 17.3 Å². The van der Waals surface area contributed by atoms with Gasteiger partial charge >= 0.3 is 6.18 Å². The van der Waals surface area contributed by atoms with Gasteiger partial charge in [-0.05, 0) is 30.6 Å². The van der Waals surface area contributed by atoms with Gasteiger partial charge < -0.3 is 5.11 Å². The number of rotatable bonds is 2. The highest BCUT2D eigenvalue weighted by molar-refractivity contribution is 5.81. The molecule has 0 heterocycles. The number of hydrogen-bond acceptors (Lipinski definition) is 2. The zero-order valence-corrected chi connectivity index (χ0v) is 11.0. The van der Waals surface area contributed by atoms with Crippen LogP contribution in [0, 0.1) is 17.3 Å². The van der Waals surface area contributed by atoms with Gasteiger partial charge in [-0.2, -0.15) is 13.2 Å². The molecule has 3 atom stereocenters. The number of ketones is 1. The van der Waals surface area contributed by atoms with Crippen LogP contribution in [0.1, 0.15) is 46.5 Å². The molecule has 1 fully saturated rings. The van der Waals surface area contributed by atoms with Gasteiger partial charge in [-0.25, -0.2) is 0 Å². The first kappa shape index (κ1) is 15.5. The van der Waals surface area contributed by atoms with Crippen LogP contribution in [0.5, 0.6) is 0 Å². The lowest BCUT2D eigenvalue weighted by Crippen LogP contribution is -2.37. The molecule has 1 aliphatic carbocycles. The summed E-state index contributed by atoms with van der Waals surface area (Å²) in [6.07, 6.45) is -5.98. The quantitative estimate of drug-likeness (QED) is 0.832. The third kappa shape index (κ3) is 3.97. The summed E-state index contributed by atoms with van der Waals surface area (Å²) < 4.78 is 36.9. The van der Waals surface area contributed by atoms with Crippen LogP contribution < -0.4 is 0 Å². The minimum absolute atomic E-state index is 0.0118. The van der Waals surface area contributed by atoms with Crippen molar-refractivity contribution in [1.82, 2.24) is 0 Å². The third-order valence-corrected chi connectivity index (χ3v) is 3.87. The maximum atomic E-state index is 12.3. The fourth-order valence-corrected chi connectivity index (χ4v) is 2.53. The topological polar surface area (TPSA) is 37.3 Å². The van der Waals surface area contributed by atoms with Gasteiger partial charge in [0.2, 0.25) is 0 Å². The van der Waals surface area contributed by atoms with E-state index < -0.39 is 24.6 Å². The lowest BCUT2D eigenvalue weighted by Gasteiger charge is -2.37. The Morgan fingerprint density at radius 1 is 1.33 bits per heavy atom. The highest BCUT2D eigenvalue weighted by Gasteiger charge is 2.43. The van der Waals surface area contributed by atoms with Gasteiger partial charge in [0.05, 0.1) is 0 Å². The predicted octanol–water partition coefficient (Wildman–Crippen LogP) is 3.33. The standard InChI is InChI=1S/C13H21F3O2/c1-12(2,3)9-4-5-10(17)8(6-9)7-11(18)13(14,15)16/h8-9,11,18H,4-7H2,1-3H3. The number of Topliss-reactive ketones (excluding diaryl/α,β-unsaturated/α-hetero) is 1. The summed E-state index contributed by atoms with van der Waals surface area (Å²) in [6.45, 7) is 6.10. The molecule has 1 rings (SSSR count). The van der Waals surface area contributed by atoms with E-state index in [0.29, 0.717) is 12.8 Å². The first-order valence-electron chi connectivity index (χ1n) is 6.29. The molecule has 1 aliphatic rings. The van der Waals surface area contributed by atoms with Crippen LogP contribution in [-0.4, -0.2) is 23.2 Å². The van der Waals surface area contributed by atoms with Gasteiger partial charge in [0.1, 0.15) is 5.78 Å². The molecule has 1 saturated carbocycles. The highest BCUT2D eigenvalue weighted by atomic mass is 19.4. The number of alkyl halides is 3. The summed E-state index contributed by atoms with van der Waals surface area (Å²) in [4.78, 5) is 11.7. The summed E-state index contributed by atoms with van der Waals surface area (Å²) in [5.74, 6) is -0.556. The molecular formula is C13H21F3O2. The van der Waals surface area contributed by atoms with Gasteiger partial charge in [-0.15, -0.1) is 0 Å².